The lowest BCUT2D eigenvalue weighted by Crippen LogP contribution is -2.46. The van der Waals surface area contributed by atoms with Crippen molar-refractivity contribution in [1.29, 1.82) is 0 Å². The Morgan fingerprint density at radius 2 is 1.81 bits per heavy atom. The van der Waals surface area contributed by atoms with Gasteiger partial charge in [0.1, 0.15) is 11.5 Å². The molecule has 1 aliphatic rings. The standard InChI is InChI=1S/C21H24N2O4/c24-18-6-4-5-16(15-18)21(26)22-17-9-12-23(13-10-17)20(25)11-14-27-19-7-2-1-3-8-19/h1-8,15,17,24H,9-14H2,(H,22,26). The van der Waals surface area contributed by atoms with Crippen LogP contribution in [0.2, 0.25) is 0 Å². The number of rotatable bonds is 6. The zero-order chi connectivity index (χ0) is 19.1. The Bertz CT molecular complexity index is 771. The first-order valence-electron chi connectivity index (χ1n) is 9.17. The van der Waals surface area contributed by atoms with Crippen LogP contribution in [0.25, 0.3) is 0 Å². The molecule has 1 aliphatic heterocycles. The molecule has 1 heterocycles. The van der Waals surface area contributed by atoms with Crippen LogP contribution in [0.5, 0.6) is 11.5 Å². The summed E-state index contributed by atoms with van der Waals surface area (Å²) in [6, 6.07) is 15.8. The molecule has 0 atom stereocenters. The third kappa shape index (κ3) is 5.48. The quantitative estimate of drug-likeness (QED) is 0.821. The van der Waals surface area contributed by atoms with Crippen LogP contribution in [-0.2, 0) is 4.79 Å². The molecule has 2 aromatic rings. The van der Waals surface area contributed by atoms with E-state index in [9.17, 15) is 14.7 Å². The summed E-state index contributed by atoms with van der Waals surface area (Å²) in [5, 5.41) is 12.4. The van der Waals surface area contributed by atoms with Gasteiger partial charge in [0.15, 0.2) is 0 Å². The summed E-state index contributed by atoms with van der Waals surface area (Å²) in [6.07, 6.45) is 1.78. The van der Waals surface area contributed by atoms with Crippen molar-refractivity contribution in [2.45, 2.75) is 25.3 Å². The van der Waals surface area contributed by atoms with Gasteiger partial charge in [0.25, 0.3) is 5.91 Å². The molecule has 142 valence electrons. The van der Waals surface area contributed by atoms with E-state index in [1.807, 2.05) is 35.2 Å². The first-order chi connectivity index (χ1) is 13.1. The number of phenols is 1. The van der Waals surface area contributed by atoms with E-state index in [-0.39, 0.29) is 23.6 Å². The number of ether oxygens (including phenoxy) is 1. The lowest BCUT2D eigenvalue weighted by Gasteiger charge is -2.32. The molecule has 2 aromatic carbocycles. The van der Waals surface area contributed by atoms with Crippen LogP contribution in [0.15, 0.2) is 54.6 Å². The van der Waals surface area contributed by atoms with Gasteiger partial charge in [0.2, 0.25) is 5.91 Å². The van der Waals surface area contributed by atoms with Gasteiger partial charge in [-0.2, -0.15) is 0 Å². The van der Waals surface area contributed by atoms with Crippen molar-refractivity contribution >= 4 is 11.8 Å². The molecular weight excluding hydrogens is 344 g/mol. The summed E-state index contributed by atoms with van der Waals surface area (Å²) >= 11 is 0. The SMILES string of the molecule is O=C(NC1CCN(C(=O)CCOc2ccccc2)CC1)c1cccc(O)c1. The van der Waals surface area contributed by atoms with Crippen LogP contribution >= 0.6 is 0 Å². The smallest absolute Gasteiger partial charge is 0.251 e. The van der Waals surface area contributed by atoms with Crippen molar-refractivity contribution in [3.63, 3.8) is 0 Å². The topological polar surface area (TPSA) is 78.9 Å². The minimum Gasteiger partial charge on any atom is -0.508 e. The number of piperidine rings is 1. The summed E-state index contributed by atoms with van der Waals surface area (Å²) < 4.78 is 5.57. The molecule has 1 fully saturated rings. The number of aromatic hydroxyl groups is 1. The summed E-state index contributed by atoms with van der Waals surface area (Å²) in [6.45, 7) is 1.60. The van der Waals surface area contributed by atoms with Crippen LogP contribution in [0.1, 0.15) is 29.6 Å². The van der Waals surface area contributed by atoms with Crippen LogP contribution in [0, 0.1) is 0 Å². The predicted molar refractivity (Wildman–Crippen MR) is 102 cm³/mol. The number of phenolic OH excluding ortho intramolecular Hbond substituents is 1. The normalized spacial score (nSPS) is 14.6. The van der Waals surface area contributed by atoms with Crippen LogP contribution in [-0.4, -0.2) is 47.6 Å². The maximum atomic E-state index is 12.3. The van der Waals surface area contributed by atoms with E-state index in [1.165, 1.54) is 12.1 Å². The third-order valence-corrected chi connectivity index (χ3v) is 4.62. The van der Waals surface area contributed by atoms with Gasteiger partial charge in [0.05, 0.1) is 13.0 Å². The van der Waals surface area contributed by atoms with Gasteiger partial charge < -0.3 is 20.1 Å². The summed E-state index contributed by atoms with van der Waals surface area (Å²) in [4.78, 5) is 26.4. The Hall–Kier alpha value is -3.02. The molecule has 3 rings (SSSR count). The fourth-order valence-corrected chi connectivity index (χ4v) is 3.12. The van der Waals surface area contributed by atoms with Crippen LogP contribution in [0.4, 0.5) is 0 Å². The molecule has 0 bridgehead atoms. The average molecular weight is 368 g/mol. The molecule has 0 radical (unpaired) electrons. The Balaban J connectivity index is 1.39. The van der Waals surface area contributed by atoms with E-state index in [0.29, 0.717) is 31.7 Å². The van der Waals surface area contributed by atoms with E-state index in [4.69, 9.17) is 4.74 Å². The number of likely N-dealkylation sites (tertiary alicyclic amines) is 1. The molecule has 0 aliphatic carbocycles. The van der Waals surface area contributed by atoms with E-state index < -0.39 is 0 Å². The summed E-state index contributed by atoms with van der Waals surface area (Å²) in [5.74, 6) is 0.704. The third-order valence-electron chi connectivity index (χ3n) is 4.62. The molecule has 1 saturated heterocycles. The molecule has 2 amide bonds. The molecule has 2 N–H and O–H groups in total. The second-order valence-electron chi connectivity index (χ2n) is 6.59. The maximum Gasteiger partial charge on any atom is 0.251 e. The minimum absolute atomic E-state index is 0.0319. The maximum absolute atomic E-state index is 12.3. The highest BCUT2D eigenvalue weighted by Gasteiger charge is 2.24. The number of carbonyl (C=O) groups excluding carboxylic acids is 2. The highest BCUT2D eigenvalue weighted by Crippen LogP contribution is 2.15. The van der Waals surface area contributed by atoms with E-state index >= 15 is 0 Å². The van der Waals surface area contributed by atoms with E-state index in [1.54, 1.807) is 12.1 Å². The van der Waals surface area contributed by atoms with Crippen LogP contribution < -0.4 is 10.1 Å². The molecule has 0 spiro atoms. The largest absolute Gasteiger partial charge is 0.508 e. The molecule has 6 nitrogen and oxygen atoms in total. The number of benzene rings is 2. The molecule has 0 aromatic heterocycles. The lowest BCUT2D eigenvalue weighted by atomic mass is 10.0. The Morgan fingerprint density at radius 1 is 1.07 bits per heavy atom. The second-order valence-corrected chi connectivity index (χ2v) is 6.59. The molecule has 0 saturated carbocycles. The fourth-order valence-electron chi connectivity index (χ4n) is 3.12. The summed E-state index contributed by atoms with van der Waals surface area (Å²) in [7, 11) is 0. The number of nitrogens with zero attached hydrogens (tertiary/aromatic N) is 1. The zero-order valence-electron chi connectivity index (χ0n) is 15.1. The number of amides is 2. The van der Waals surface area contributed by atoms with Gasteiger partial charge in [-0.3, -0.25) is 9.59 Å². The minimum atomic E-state index is -0.202. The Kier molecular flexibility index (Phi) is 6.30. The number of para-hydroxylation sites is 1. The Labute approximate surface area is 158 Å². The number of carbonyl (C=O) groups is 2. The Morgan fingerprint density at radius 3 is 2.52 bits per heavy atom. The second kappa shape index (κ2) is 9.07. The van der Waals surface area contributed by atoms with Gasteiger partial charge in [-0.15, -0.1) is 0 Å². The van der Waals surface area contributed by atoms with Crippen LogP contribution in [0.3, 0.4) is 0 Å². The molecular formula is C21H24N2O4. The first-order valence-corrected chi connectivity index (χ1v) is 9.17. The van der Waals surface area contributed by atoms with Crippen molar-refractivity contribution in [2.75, 3.05) is 19.7 Å². The number of hydrogen-bond donors (Lipinski definition) is 2. The van der Waals surface area contributed by atoms with Gasteiger partial charge in [-0.05, 0) is 43.2 Å². The molecule has 0 unspecified atom stereocenters. The highest BCUT2D eigenvalue weighted by molar-refractivity contribution is 5.94. The fraction of sp³-hybridized carbons (Fsp3) is 0.333. The van der Waals surface area contributed by atoms with Gasteiger partial charge in [0, 0.05) is 24.7 Å². The first kappa shape index (κ1) is 18.8. The van der Waals surface area contributed by atoms with Crippen molar-refractivity contribution < 1.29 is 19.4 Å². The lowest BCUT2D eigenvalue weighted by molar-refractivity contribution is -0.132. The van der Waals surface area contributed by atoms with Crippen molar-refractivity contribution in [2.24, 2.45) is 0 Å². The van der Waals surface area contributed by atoms with E-state index in [2.05, 4.69) is 5.32 Å². The number of hydrogen-bond acceptors (Lipinski definition) is 4. The number of nitrogens with one attached hydrogen (secondary N) is 1. The van der Waals surface area contributed by atoms with E-state index in [0.717, 1.165) is 18.6 Å². The average Bonchev–Trinajstić information content (AvgIpc) is 2.69. The monoisotopic (exact) mass is 368 g/mol. The van der Waals surface area contributed by atoms with Crippen molar-refractivity contribution in [3.8, 4) is 11.5 Å². The van der Waals surface area contributed by atoms with Gasteiger partial charge >= 0.3 is 0 Å². The molecule has 27 heavy (non-hydrogen) atoms. The predicted octanol–water partition coefficient (Wildman–Crippen LogP) is 2.58. The van der Waals surface area contributed by atoms with Crippen molar-refractivity contribution in [3.05, 3.63) is 60.2 Å². The van der Waals surface area contributed by atoms with Gasteiger partial charge in [-0.25, -0.2) is 0 Å². The van der Waals surface area contributed by atoms with Gasteiger partial charge in [-0.1, -0.05) is 24.3 Å². The zero-order valence-corrected chi connectivity index (χ0v) is 15.1. The van der Waals surface area contributed by atoms with Crippen molar-refractivity contribution in [1.82, 2.24) is 10.2 Å². The summed E-state index contributed by atoms with van der Waals surface area (Å²) in [5.41, 5.74) is 0.437. The highest BCUT2D eigenvalue weighted by atomic mass is 16.5. The molecule has 6 heteroatoms.